The van der Waals surface area contributed by atoms with Crippen molar-refractivity contribution in [1.29, 1.82) is 0 Å². The van der Waals surface area contributed by atoms with Gasteiger partial charge in [0.2, 0.25) is 0 Å². The van der Waals surface area contributed by atoms with Crippen LogP contribution in [0.2, 0.25) is 0 Å². The van der Waals surface area contributed by atoms with Gasteiger partial charge in [0.25, 0.3) is 0 Å². The van der Waals surface area contributed by atoms with Gasteiger partial charge in [0.15, 0.2) is 0 Å². The lowest BCUT2D eigenvalue weighted by molar-refractivity contribution is -0.138. The van der Waals surface area contributed by atoms with Gasteiger partial charge in [-0.05, 0) is 43.5 Å². The molecule has 0 heterocycles. The van der Waals surface area contributed by atoms with E-state index in [0.29, 0.717) is 12.4 Å². The Labute approximate surface area is 189 Å². The molecule has 0 radical (unpaired) electrons. The van der Waals surface area contributed by atoms with Crippen LogP contribution in [0.5, 0.6) is 5.75 Å². The third-order valence-electron chi connectivity index (χ3n) is 5.26. The molecule has 1 aromatic rings. The van der Waals surface area contributed by atoms with Crippen molar-refractivity contribution in [3.8, 4) is 5.75 Å². The van der Waals surface area contributed by atoms with Gasteiger partial charge < -0.3 is 9.47 Å². The van der Waals surface area contributed by atoms with Gasteiger partial charge in [0.1, 0.15) is 5.75 Å². The fourth-order valence-corrected chi connectivity index (χ4v) is 3.62. The minimum absolute atomic E-state index is 0.396. The van der Waals surface area contributed by atoms with E-state index in [4.69, 9.17) is 9.47 Å². The van der Waals surface area contributed by atoms with Crippen LogP contribution in [0.25, 0.3) is 0 Å². The lowest BCUT2D eigenvalue weighted by Gasteiger charge is -2.05. The number of unbranched alkanes of at least 4 members (excludes halogenated alkanes) is 12. The number of hydrogen-bond acceptors (Lipinski definition) is 4. The summed E-state index contributed by atoms with van der Waals surface area (Å²) in [4.78, 5) is 23.5. The number of benzene rings is 1. The molecule has 0 aliphatic rings. The highest BCUT2D eigenvalue weighted by atomic mass is 16.5. The lowest BCUT2D eigenvalue weighted by atomic mass is 10.0. The molecule has 0 N–H and O–H groups in total. The molecule has 1 aromatic carbocycles. The Bertz CT molecular complexity index is 643. The predicted molar refractivity (Wildman–Crippen MR) is 127 cm³/mol. The van der Waals surface area contributed by atoms with Crippen LogP contribution in [-0.2, 0) is 14.3 Å². The van der Waals surface area contributed by atoms with Gasteiger partial charge in [-0.25, -0.2) is 9.59 Å². The van der Waals surface area contributed by atoms with Crippen LogP contribution in [0.3, 0.4) is 0 Å². The maximum absolute atomic E-state index is 11.8. The second-order valence-electron chi connectivity index (χ2n) is 8.49. The number of carbonyl (C=O) groups excluding carboxylic acids is 2. The summed E-state index contributed by atoms with van der Waals surface area (Å²) in [7, 11) is 0. The average Bonchev–Trinajstić information content (AvgIpc) is 2.71. The van der Waals surface area contributed by atoms with E-state index in [-0.39, 0.29) is 0 Å². The zero-order chi connectivity index (χ0) is 22.7. The number of rotatable bonds is 17. The monoisotopic (exact) mass is 430 g/mol. The minimum atomic E-state index is -0.581. The fourth-order valence-electron chi connectivity index (χ4n) is 3.62. The predicted octanol–water partition coefficient (Wildman–Crippen LogP) is 7.40. The van der Waals surface area contributed by atoms with Crippen molar-refractivity contribution in [1.82, 2.24) is 0 Å². The second kappa shape index (κ2) is 17.6. The number of esters is 2. The molecule has 4 nitrogen and oxygen atoms in total. The maximum Gasteiger partial charge on any atom is 0.336 e. The Kier molecular flexibility index (Phi) is 15.3. The molecule has 1 rings (SSSR count). The van der Waals surface area contributed by atoms with E-state index in [1.807, 2.05) is 19.9 Å². The molecule has 0 spiro atoms. The van der Waals surface area contributed by atoms with Crippen LogP contribution in [0.1, 0.15) is 102 Å². The highest BCUT2D eigenvalue weighted by Crippen LogP contribution is 2.16. The molecule has 0 aliphatic carbocycles. The first-order chi connectivity index (χ1) is 15.0. The molecule has 0 aliphatic heterocycles. The summed E-state index contributed by atoms with van der Waals surface area (Å²) in [6.45, 7) is 6.53. The van der Waals surface area contributed by atoms with Crippen LogP contribution >= 0.6 is 0 Å². The number of hydrogen-bond donors (Lipinski definition) is 0. The normalized spacial score (nSPS) is 11.1. The first-order valence-electron chi connectivity index (χ1n) is 12.2. The molecular weight excluding hydrogens is 388 g/mol. The van der Waals surface area contributed by atoms with Crippen molar-refractivity contribution >= 4 is 11.9 Å². The van der Waals surface area contributed by atoms with Crippen molar-refractivity contribution in [3.63, 3.8) is 0 Å². The zero-order valence-electron chi connectivity index (χ0n) is 19.9. The molecule has 4 heteroatoms. The standard InChI is InChI=1S/C27H42O4/c1-4-5-6-7-8-9-10-11-12-13-14-15-16-19-30-26(28)17-18-27(29)31-25-21-23(2)20-24(3)22-25/h17-18,20-22H,4-16,19H2,1-3H3/b18-17+. The first kappa shape index (κ1) is 26.9. The van der Waals surface area contributed by atoms with Crippen LogP contribution in [0, 0.1) is 13.8 Å². The van der Waals surface area contributed by atoms with E-state index in [1.54, 1.807) is 12.1 Å². The van der Waals surface area contributed by atoms with Crippen LogP contribution in [0.15, 0.2) is 30.4 Å². The Morgan fingerprint density at radius 2 is 1.13 bits per heavy atom. The first-order valence-corrected chi connectivity index (χ1v) is 12.2. The Morgan fingerprint density at radius 1 is 0.677 bits per heavy atom. The van der Waals surface area contributed by atoms with Gasteiger partial charge in [-0.2, -0.15) is 0 Å². The van der Waals surface area contributed by atoms with E-state index >= 15 is 0 Å². The summed E-state index contributed by atoms with van der Waals surface area (Å²) in [6.07, 6.45) is 18.9. The average molecular weight is 431 g/mol. The van der Waals surface area contributed by atoms with Crippen molar-refractivity contribution in [2.75, 3.05) is 6.61 Å². The second-order valence-corrected chi connectivity index (χ2v) is 8.49. The van der Waals surface area contributed by atoms with E-state index in [2.05, 4.69) is 6.92 Å². The van der Waals surface area contributed by atoms with Gasteiger partial charge in [-0.15, -0.1) is 0 Å². The fraction of sp³-hybridized carbons (Fsp3) is 0.630. The van der Waals surface area contributed by atoms with Crippen molar-refractivity contribution < 1.29 is 19.1 Å². The quantitative estimate of drug-likeness (QED) is 0.112. The molecule has 0 aromatic heterocycles. The van der Waals surface area contributed by atoms with E-state index in [9.17, 15) is 9.59 Å². The molecule has 0 saturated heterocycles. The summed E-state index contributed by atoms with van der Waals surface area (Å²) in [5, 5.41) is 0. The molecule has 0 saturated carbocycles. The molecule has 31 heavy (non-hydrogen) atoms. The Morgan fingerprint density at radius 3 is 1.65 bits per heavy atom. The maximum atomic E-state index is 11.8. The third kappa shape index (κ3) is 15.4. The van der Waals surface area contributed by atoms with Crippen molar-refractivity contribution in [2.45, 2.75) is 104 Å². The van der Waals surface area contributed by atoms with Gasteiger partial charge >= 0.3 is 11.9 Å². The summed E-state index contributed by atoms with van der Waals surface area (Å²) < 4.78 is 10.4. The Hall–Kier alpha value is -2.10. The molecule has 0 bridgehead atoms. The van der Waals surface area contributed by atoms with E-state index < -0.39 is 11.9 Å². The summed E-state index contributed by atoms with van der Waals surface area (Å²) in [6, 6.07) is 5.57. The molecule has 0 unspecified atom stereocenters. The number of carbonyl (C=O) groups is 2. The number of ether oxygens (including phenoxy) is 2. The zero-order valence-corrected chi connectivity index (χ0v) is 19.9. The summed E-state index contributed by atoms with van der Waals surface area (Å²) in [5.41, 5.74) is 2.04. The molecule has 0 amide bonds. The largest absolute Gasteiger partial charge is 0.463 e. The SMILES string of the molecule is CCCCCCCCCCCCCCCOC(=O)/C=C/C(=O)Oc1cc(C)cc(C)c1. The highest BCUT2D eigenvalue weighted by Gasteiger charge is 2.04. The molecule has 174 valence electrons. The third-order valence-corrected chi connectivity index (χ3v) is 5.26. The highest BCUT2D eigenvalue weighted by molar-refractivity contribution is 5.92. The minimum Gasteiger partial charge on any atom is -0.463 e. The van der Waals surface area contributed by atoms with E-state index in [1.165, 1.54) is 70.6 Å². The number of aryl methyl sites for hydroxylation is 2. The smallest absolute Gasteiger partial charge is 0.336 e. The molecule has 0 atom stereocenters. The van der Waals surface area contributed by atoms with Crippen LogP contribution in [0.4, 0.5) is 0 Å². The lowest BCUT2D eigenvalue weighted by Crippen LogP contribution is -2.07. The summed E-state index contributed by atoms with van der Waals surface area (Å²) in [5.74, 6) is -0.605. The Balaban J connectivity index is 1.98. The molecule has 0 fully saturated rings. The van der Waals surface area contributed by atoms with Crippen LogP contribution in [-0.4, -0.2) is 18.5 Å². The van der Waals surface area contributed by atoms with Gasteiger partial charge in [0, 0.05) is 12.2 Å². The van der Waals surface area contributed by atoms with Gasteiger partial charge in [-0.1, -0.05) is 90.0 Å². The van der Waals surface area contributed by atoms with Gasteiger partial charge in [0.05, 0.1) is 6.61 Å². The topological polar surface area (TPSA) is 52.6 Å². The van der Waals surface area contributed by atoms with Crippen molar-refractivity contribution in [2.24, 2.45) is 0 Å². The van der Waals surface area contributed by atoms with Crippen molar-refractivity contribution in [3.05, 3.63) is 41.5 Å². The molecular formula is C27H42O4. The van der Waals surface area contributed by atoms with Gasteiger partial charge in [-0.3, -0.25) is 0 Å². The summed E-state index contributed by atoms with van der Waals surface area (Å²) >= 11 is 0. The van der Waals surface area contributed by atoms with E-state index in [0.717, 1.165) is 36.1 Å². The van der Waals surface area contributed by atoms with Crippen LogP contribution < -0.4 is 4.74 Å².